The lowest BCUT2D eigenvalue weighted by atomic mass is 9.78. The van der Waals surface area contributed by atoms with E-state index < -0.39 is 0 Å². The van der Waals surface area contributed by atoms with Crippen LogP contribution >= 0.6 is 0 Å². The molecule has 3 heteroatoms. The zero-order valence-electron chi connectivity index (χ0n) is 13.7. The minimum absolute atomic E-state index is 0.815. The first-order valence-corrected chi connectivity index (χ1v) is 8.81. The molecule has 2 fully saturated rings. The summed E-state index contributed by atoms with van der Waals surface area (Å²) >= 11 is 0. The smallest absolute Gasteiger partial charge is 0.120 e. The van der Waals surface area contributed by atoms with Crippen LogP contribution in [0.15, 0.2) is 10.5 Å². The molecule has 1 saturated heterocycles. The van der Waals surface area contributed by atoms with E-state index in [1.165, 1.54) is 50.6 Å². The zero-order chi connectivity index (χ0) is 14.7. The van der Waals surface area contributed by atoms with Gasteiger partial charge in [-0.2, -0.15) is 0 Å². The van der Waals surface area contributed by atoms with Crippen molar-refractivity contribution in [2.24, 2.45) is 5.92 Å². The maximum absolute atomic E-state index is 6.09. The number of nitrogens with zero attached hydrogens (tertiary/aromatic N) is 1. The van der Waals surface area contributed by atoms with Crippen molar-refractivity contribution in [3.8, 4) is 0 Å². The Kier molecular flexibility index (Phi) is 5.02. The van der Waals surface area contributed by atoms with Gasteiger partial charge in [0.15, 0.2) is 0 Å². The Morgan fingerprint density at radius 2 is 2.05 bits per heavy atom. The molecule has 0 bridgehead atoms. The fraction of sp³-hybridized carbons (Fsp3) is 0.778. The Labute approximate surface area is 129 Å². The standard InChI is InChI=1S/C18H30N2O/c1-3-19-12-18-14(2)11-16(21-18)13-20-10-6-8-15-7-4-5-9-17(15)20/h11,15,17,19H,3-10,12-13H2,1-2H3. The quantitative estimate of drug-likeness (QED) is 0.893. The first-order valence-electron chi connectivity index (χ1n) is 8.81. The highest BCUT2D eigenvalue weighted by molar-refractivity contribution is 5.20. The van der Waals surface area contributed by atoms with E-state index in [4.69, 9.17) is 4.42 Å². The summed E-state index contributed by atoms with van der Waals surface area (Å²) in [6.07, 6.45) is 8.52. The van der Waals surface area contributed by atoms with Crippen molar-refractivity contribution in [3.63, 3.8) is 0 Å². The molecular weight excluding hydrogens is 260 g/mol. The summed E-state index contributed by atoms with van der Waals surface area (Å²) in [5, 5.41) is 3.36. The van der Waals surface area contributed by atoms with E-state index >= 15 is 0 Å². The summed E-state index contributed by atoms with van der Waals surface area (Å²) in [6.45, 7) is 8.41. The molecule has 0 aromatic carbocycles. The van der Waals surface area contributed by atoms with Crippen LogP contribution < -0.4 is 5.32 Å². The van der Waals surface area contributed by atoms with Crippen molar-refractivity contribution >= 4 is 0 Å². The normalized spacial score (nSPS) is 26.8. The van der Waals surface area contributed by atoms with Gasteiger partial charge in [-0.3, -0.25) is 4.90 Å². The monoisotopic (exact) mass is 290 g/mol. The number of nitrogens with one attached hydrogen (secondary N) is 1. The number of furan rings is 1. The van der Waals surface area contributed by atoms with Crippen LogP contribution in [-0.2, 0) is 13.1 Å². The lowest BCUT2D eigenvalue weighted by molar-refractivity contribution is 0.0492. The van der Waals surface area contributed by atoms with Crippen LogP contribution in [0.5, 0.6) is 0 Å². The van der Waals surface area contributed by atoms with Gasteiger partial charge in [0.05, 0.1) is 13.1 Å². The Bertz CT molecular complexity index is 452. The van der Waals surface area contributed by atoms with Crippen molar-refractivity contribution in [1.82, 2.24) is 10.2 Å². The third-order valence-electron chi connectivity index (χ3n) is 5.32. The molecule has 1 aromatic heterocycles. The molecule has 2 aliphatic rings. The number of piperidine rings is 1. The van der Waals surface area contributed by atoms with Crippen molar-refractivity contribution in [3.05, 3.63) is 23.2 Å². The van der Waals surface area contributed by atoms with Crippen molar-refractivity contribution in [2.75, 3.05) is 13.1 Å². The Hall–Kier alpha value is -0.800. The van der Waals surface area contributed by atoms with E-state index in [-0.39, 0.29) is 0 Å². The van der Waals surface area contributed by atoms with E-state index in [1.54, 1.807) is 0 Å². The molecule has 1 aromatic rings. The van der Waals surface area contributed by atoms with Crippen molar-refractivity contribution in [1.29, 1.82) is 0 Å². The topological polar surface area (TPSA) is 28.4 Å². The predicted molar refractivity (Wildman–Crippen MR) is 86.2 cm³/mol. The molecule has 1 saturated carbocycles. The lowest BCUT2D eigenvalue weighted by Crippen LogP contribution is -2.46. The molecule has 1 aliphatic carbocycles. The molecule has 0 spiro atoms. The first-order chi connectivity index (χ1) is 10.3. The third-order valence-corrected chi connectivity index (χ3v) is 5.32. The van der Waals surface area contributed by atoms with Gasteiger partial charge in [-0.1, -0.05) is 19.8 Å². The van der Waals surface area contributed by atoms with E-state index in [2.05, 4.69) is 30.1 Å². The van der Waals surface area contributed by atoms with Crippen molar-refractivity contribution < 1.29 is 4.42 Å². The Balaban J connectivity index is 1.65. The van der Waals surface area contributed by atoms with Crippen LogP contribution in [0.2, 0.25) is 0 Å². The summed E-state index contributed by atoms with van der Waals surface area (Å²) < 4.78 is 6.09. The number of hydrogen-bond donors (Lipinski definition) is 1. The minimum Gasteiger partial charge on any atom is -0.463 e. The number of rotatable bonds is 5. The highest BCUT2D eigenvalue weighted by Gasteiger charge is 2.33. The van der Waals surface area contributed by atoms with Crippen LogP contribution in [0.3, 0.4) is 0 Å². The number of aryl methyl sites for hydroxylation is 1. The summed E-state index contributed by atoms with van der Waals surface area (Å²) in [7, 11) is 0. The van der Waals surface area contributed by atoms with Crippen LogP contribution in [-0.4, -0.2) is 24.0 Å². The molecule has 3 nitrogen and oxygen atoms in total. The molecule has 1 N–H and O–H groups in total. The second-order valence-electron chi connectivity index (χ2n) is 6.82. The van der Waals surface area contributed by atoms with Crippen LogP contribution in [0.1, 0.15) is 62.5 Å². The SMILES string of the molecule is CCNCc1oc(CN2CCCC3CCCCC32)cc1C. The molecule has 2 unspecified atom stereocenters. The van der Waals surface area contributed by atoms with Gasteiger partial charge in [0.25, 0.3) is 0 Å². The van der Waals surface area contributed by atoms with E-state index in [9.17, 15) is 0 Å². The zero-order valence-corrected chi connectivity index (χ0v) is 13.7. The highest BCUT2D eigenvalue weighted by atomic mass is 16.3. The molecule has 2 atom stereocenters. The Morgan fingerprint density at radius 1 is 1.24 bits per heavy atom. The molecule has 0 amide bonds. The molecule has 118 valence electrons. The van der Waals surface area contributed by atoms with E-state index in [0.29, 0.717) is 0 Å². The number of fused-ring (bicyclic) bond motifs is 1. The molecule has 0 radical (unpaired) electrons. The van der Waals surface area contributed by atoms with Gasteiger partial charge in [-0.15, -0.1) is 0 Å². The third kappa shape index (κ3) is 3.51. The number of hydrogen-bond acceptors (Lipinski definition) is 3. The van der Waals surface area contributed by atoms with E-state index in [1.807, 2.05) is 0 Å². The molecule has 21 heavy (non-hydrogen) atoms. The average molecular weight is 290 g/mol. The number of likely N-dealkylation sites (tertiary alicyclic amines) is 1. The van der Waals surface area contributed by atoms with E-state index in [0.717, 1.165) is 43.1 Å². The van der Waals surface area contributed by atoms with Gasteiger partial charge in [-0.05, 0) is 63.2 Å². The lowest BCUT2D eigenvalue weighted by Gasteiger charge is -2.43. The highest BCUT2D eigenvalue weighted by Crippen LogP contribution is 2.36. The fourth-order valence-corrected chi connectivity index (χ4v) is 4.21. The van der Waals surface area contributed by atoms with Crippen LogP contribution in [0.25, 0.3) is 0 Å². The average Bonchev–Trinajstić information content (AvgIpc) is 2.85. The van der Waals surface area contributed by atoms with Gasteiger partial charge in [-0.25, -0.2) is 0 Å². The predicted octanol–water partition coefficient (Wildman–Crippen LogP) is 3.85. The van der Waals surface area contributed by atoms with Crippen LogP contribution in [0.4, 0.5) is 0 Å². The molecular formula is C18H30N2O. The summed E-state index contributed by atoms with van der Waals surface area (Å²) in [5.74, 6) is 3.22. The maximum atomic E-state index is 6.09. The minimum atomic E-state index is 0.815. The Morgan fingerprint density at radius 3 is 2.90 bits per heavy atom. The molecule has 3 rings (SSSR count). The first kappa shape index (κ1) is 15.1. The van der Waals surface area contributed by atoms with Gasteiger partial charge in [0.1, 0.15) is 11.5 Å². The summed E-state index contributed by atoms with van der Waals surface area (Å²) in [4.78, 5) is 2.70. The van der Waals surface area contributed by atoms with Gasteiger partial charge in [0, 0.05) is 6.04 Å². The second kappa shape index (κ2) is 6.97. The largest absolute Gasteiger partial charge is 0.463 e. The summed E-state index contributed by atoms with van der Waals surface area (Å²) in [6, 6.07) is 3.06. The van der Waals surface area contributed by atoms with Crippen molar-refractivity contribution in [2.45, 2.75) is 71.5 Å². The van der Waals surface area contributed by atoms with Gasteiger partial charge in [0.2, 0.25) is 0 Å². The maximum Gasteiger partial charge on any atom is 0.120 e. The second-order valence-corrected chi connectivity index (χ2v) is 6.82. The summed E-state index contributed by atoms with van der Waals surface area (Å²) in [5.41, 5.74) is 1.29. The molecule has 2 heterocycles. The van der Waals surface area contributed by atoms with Gasteiger partial charge < -0.3 is 9.73 Å². The van der Waals surface area contributed by atoms with Gasteiger partial charge >= 0.3 is 0 Å². The molecule has 1 aliphatic heterocycles. The van der Waals surface area contributed by atoms with Crippen LogP contribution in [0, 0.1) is 12.8 Å². The fourth-order valence-electron chi connectivity index (χ4n) is 4.21.